The van der Waals surface area contributed by atoms with E-state index in [0.717, 1.165) is 0 Å². The van der Waals surface area contributed by atoms with Gasteiger partial charge in [0.2, 0.25) is 0 Å². The van der Waals surface area contributed by atoms with Crippen molar-refractivity contribution in [3.63, 3.8) is 0 Å². The first-order chi connectivity index (χ1) is 8.22. The highest BCUT2D eigenvalue weighted by atomic mass is 127. The van der Waals surface area contributed by atoms with Gasteiger partial charge in [-0.3, -0.25) is 0 Å². The van der Waals surface area contributed by atoms with E-state index < -0.39 is 18.3 Å². The fourth-order valence-corrected chi connectivity index (χ4v) is 0.936. The Hall–Kier alpha value is -1.10. The van der Waals surface area contributed by atoms with Crippen LogP contribution in [0.15, 0.2) is 29.4 Å². The molecule has 1 heterocycles. The SMILES string of the molecule is CC(O)(CN=C(N)Nc1ccccn1)C(F)(F)F.I. The quantitative estimate of drug-likeness (QED) is 0.417. The summed E-state index contributed by atoms with van der Waals surface area (Å²) in [7, 11) is 0. The molecule has 0 bridgehead atoms. The first-order valence-corrected chi connectivity index (χ1v) is 4.99. The maximum Gasteiger partial charge on any atom is 0.418 e. The molecule has 5 nitrogen and oxygen atoms in total. The summed E-state index contributed by atoms with van der Waals surface area (Å²) in [6.45, 7) is -0.257. The molecule has 0 saturated carbocycles. The van der Waals surface area contributed by atoms with Crippen LogP contribution in [0.3, 0.4) is 0 Å². The van der Waals surface area contributed by atoms with Gasteiger partial charge in [0.15, 0.2) is 11.6 Å². The Labute approximate surface area is 125 Å². The van der Waals surface area contributed by atoms with Crippen LogP contribution in [0.4, 0.5) is 19.0 Å². The third-order valence-corrected chi connectivity index (χ3v) is 2.09. The Morgan fingerprint density at radius 1 is 1.47 bits per heavy atom. The lowest BCUT2D eigenvalue weighted by atomic mass is 10.1. The number of nitrogens with two attached hydrogens (primary N) is 1. The van der Waals surface area contributed by atoms with Crippen LogP contribution in [-0.4, -0.2) is 34.4 Å². The van der Waals surface area contributed by atoms with Gasteiger partial charge in [0.05, 0.1) is 6.54 Å². The molecule has 0 saturated heterocycles. The molecule has 4 N–H and O–H groups in total. The van der Waals surface area contributed by atoms with Crippen LogP contribution >= 0.6 is 24.0 Å². The van der Waals surface area contributed by atoms with Crippen LogP contribution in [0.1, 0.15) is 6.92 Å². The van der Waals surface area contributed by atoms with Gasteiger partial charge in [-0.2, -0.15) is 13.2 Å². The van der Waals surface area contributed by atoms with Crippen molar-refractivity contribution in [3.8, 4) is 0 Å². The molecule has 0 aliphatic rings. The number of nitrogens with one attached hydrogen (secondary N) is 1. The number of aliphatic imine (C=N–C) groups is 1. The molecule has 0 aromatic carbocycles. The first kappa shape index (κ1) is 17.9. The molecule has 0 amide bonds. The van der Waals surface area contributed by atoms with Crippen LogP contribution < -0.4 is 11.1 Å². The van der Waals surface area contributed by atoms with E-state index in [1.165, 1.54) is 6.20 Å². The number of aliphatic hydroxyl groups is 1. The van der Waals surface area contributed by atoms with Crippen molar-refractivity contribution < 1.29 is 18.3 Å². The predicted molar refractivity (Wildman–Crippen MR) is 76.4 cm³/mol. The van der Waals surface area contributed by atoms with Crippen LogP contribution in [-0.2, 0) is 0 Å². The molecule has 1 rings (SSSR count). The minimum atomic E-state index is -4.76. The maximum atomic E-state index is 12.3. The summed E-state index contributed by atoms with van der Waals surface area (Å²) in [6.07, 6.45) is -3.27. The number of nitrogens with zero attached hydrogens (tertiary/aromatic N) is 2. The predicted octanol–water partition coefficient (Wildman–Crippen LogP) is 1.74. The maximum absolute atomic E-state index is 12.3. The minimum absolute atomic E-state index is 0. The second kappa shape index (κ2) is 6.89. The van der Waals surface area contributed by atoms with E-state index in [1.807, 2.05) is 0 Å². The molecule has 9 heteroatoms. The molecule has 19 heavy (non-hydrogen) atoms. The lowest BCUT2D eigenvalue weighted by molar-refractivity contribution is -0.248. The molecule has 1 aromatic rings. The van der Waals surface area contributed by atoms with Gasteiger partial charge in [-0.1, -0.05) is 6.07 Å². The van der Waals surface area contributed by atoms with Gasteiger partial charge in [0, 0.05) is 6.20 Å². The summed E-state index contributed by atoms with van der Waals surface area (Å²) < 4.78 is 37.0. The van der Waals surface area contributed by atoms with Crippen LogP contribution in [0.25, 0.3) is 0 Å². The molecule has 1 aromatic heterocycles. The van der Waals surface area contributed by atoms with Gasteiger partial charge >= 0.3 is 6.18 Å². The topological polar surface area (TPSA) is 83.5 Å². The highest BCUT2D eigenvalue weighted by molar-refractivity contribution is 14.0. The third kappa shape index (κ3) is 5.59. The molecule has 1 atom stereocenters. The van der Waals surface area contributed by atoms with E-state index in [9.17, 15) is 13.2 Å². The Kier molecular flexibility index (Phi) is 6.49. The van der Waals surface area contributed by atoms with Crippen molar-refractivity contribution in [2.24, 2.45) is 10.7 Å². The molecule has 0 fully saturated rings. The Morgan fingerprint density at radius 2 is 2.11 bits per heavy atom. The molecule has 0 spiro atoms. The van der Waals surface area contributed by atoms with Crippen molar-refractivity contribution in [3.05, 3.63) is 24.4 Å². The fourth-order valence-electron chi connectivity index (χ4n) is 0.936. The Balaban J connectivity index is 0.00000324. The lowest BCUT2D eigenvalue weighted by Gasteiger charge is -2.24. The second-order valence-corrected chi connectivity index (χ2v) is 3.81. The van der Waals surface area contributed by atoms with Crippen molar-refractivity contribution in [1.29, 1.82) is 0 Å². The average Bonchev–Trinajstić information content (AvgIpc) is 2.26. The van der Waals surface area contributed by atoms with Gasteiger partial charge in [-0.25, -0.2) is 9.98 Å². The summed E-state index contributed by atoms with van der Waals surface area (Å²) in [5.41, 5.74) is 2.46. The number of guanidine groups is 1. The summed E-state index contributed by atoms with van der Waals surface area (Å²) in [6, 6.07) is 4.92. The standard InChI is InChI=1S/C10H13F3N4O.HI/c1-9(18,10(11,12)13)6-16-8(14)17-7-4-2-3-5-15-7;/h2-5,18H,6H2,1H3,(H3,14,15,16,17);1H. The minimum Gasteiger partial charge on any atom is -0.379 e. The highest BCUT2D eigenvalue weighted by Crippen LogP contribution is 2.29. The zero-order chi connectivity index (χ0) is 13.8. The normalized spacial score (nSPS) is 15.3. The number of anilines is 1. The number of hydrogen-bond acceptors (Lipinski definition) is 3. The van der Waals surface area contributed by atoms with Crippen molar-refractivity contribution >= 4 is 35.8 Å². The van der Waals surface area contributed by atoms with E-state index in [2.05, 4.69) is 15.3 Å². The zero-order valence-electron chi connectivity index (χ0n) is 9.98. The van der Waals surface area contributed by atoms with Gasteiger partial charge in [-0.15, -0.1) is 24.0 Å². The van der Waals surface area contributed by atoms with Gasteiger partial charge in [0.1, 0.15) is 5.82 Å². The van der Waals surface area contributed by atoms with Crippen molar-refractivity contribution in [2.75, 3.05) is 11.9 Å². The molecular formula is C10H14F3IN4O. The zero-order valence-corrected chi connectivity index (χ0v) is 12.3. The Bertz CT molecular complexity index is 423. The average molecular weight is 390 g/mol. The van der Waals surface area contributed by atoms with E-state index in [-0.39, 0.29) is 29.9 Å². The molecular weight excluding hydrogens is 376 g/mol. The second-order valence-electron chi connectivity index (χ2n) is 3.81. The number of halogens is 4. The van der Waals surface area contributed by atoms with Crippen molar-refractivity contribution in [2.45, 2.75) is 18.7 Å². The highest BCUT2D eigenvalue weighted by Gasteiger charge is 2.49. The van der Waals surface area contributed by atoms with E-state index in [0.29, 0.717) is 12.7 Å². The monoisotopic (exact) mass is 390 g/mol. The number of hydrogen-bond donors (Lipinski definition) is 3. The van der Waals surface area contributed by atoms with Gasteiger partial charge in [0.25, 0.3) is 0 Å². The largest absolute Gasteiger partial charge is 0.418 e. The van der Waals surface area contributed by atoms with Crippen LogP contribution in [0.5, 0.6) is 0 Å². The Morgan fingerprint density at radius 3 is 2.58 bits per heavy atom. The van der Waals surface area contributed by atoms with E-state index in [1.54, 1.807) is 18.2 Å². The van der Waals surface area contributed by atoms with Gasteiger partial charge in [-0.05, 0) is 19.1 Å². The van der Waals surface area contributed by atoms with E-state index >= 15 is 0 Å². The molecule has 0 aliphatic heterocycles. The lowest BCUT2D eigenvalue weighted by Crippen LogP contribution is -2.45. The molecule has 0 aliphatic carbocycles. The van der Waals surface area contributed by atoms with E-state index in [4.69, 9.17) is 10.8 Å². The number of pyridine rings is 1. The first-order valence-electron chi connectivity index (χ1n) is 4.99. The summed E-state index contributed by atoms with van der Waals surface area (Å²) in [5.74, 6) is 0.101. The summed E-state index contributed by atoms with van der Waals surface area (Å²) in [4.78, 5) is 7.29. The fraction of sp³-hybridized carbons (Fsp3) is 0.400. The number of alkyl halides is 3. The third-order valence-electron chi connectivity index (χ3n) is 2.09. The molecule has 108 valence electrons. The smallest absolute Gasteiger partial charge is 0.379 e. The van der Waals surface area contributed by atoms with Crippen LogP contribution in [0.2, 0.25) is 0 Å². The van der Waals surface area contributed by atoms with Crippen molar-refractivity contribution in [1.82, 2.24) is 4.98 Å². The number of aromatic nitrogens is 1. The van der Waals surface area contributed by atoms with Crippen LogP contribution in [0, 0.1) is 0 Å². The number of rotatable bonds is 3. The summed E-state index contributed by atoms with van der Waals surface area (Å²) in [5, 5.41) is 11.6. The molecule has 1 unspecified atom stereocenters. The van der Waals surface area contributed by atoms with Gasteiger partial charge < -0.3 is 16.2 Å². The molecule has 0 radical (unpaired) electrons. The summed E-state index contributed by atoms with van der Waals surface area (Å²) >= 11 is 0.